The summed E-state index contributed by atoms with van der Waals surface area (Å²) in [5.41, 5.74) is 1.28. The summed E-state index contributed by atoms with van der Waals surface area (Å²) in [7, 11) is 0. The lowest BCUT2D eigenvalue weighted by Crippen LogP contribution is -2.57. The highest BCUT2D eigenvalue weighted by molar-refractivity contribution is 5.79. The van der Waals surface area contributed by atoms with E-state index in [2.05, 4.69) is 17.2 Å². The van der Waals surface area contributed by atoms with Gasteiger partial charge in [-0.3, -0.25) is 4.79 Å². The van der Waals surface area contributed by atoms with Gasteiger partial charge in [0.05, 0.1) is 12.1 Å². The van der Waals surface area contributed by atoms with Crippen molar-refractivity contribution in [2.24, 2.45) is 0 Å². The Morgan fingerprint density at radius 1 is 1.39 bits per heavy atom. The fourth-order valence-corrected chi connectivity index (χ4v) is 2.78. The predicted octanol–water partition coefficient (Wildman–Crippen LogP) is 2.23. The van der Waals surface area contributed by atoms with E-state index in [1.807, 2.05) is 11.8 Å². The van der Waals surface area contributed by atoms with Gasteiger partial charge in [0.1, 0.15) is 12.1 Å². The van der Waals surface area contributed by atoms with Crippen LogP contribution in [0.2, 0.25) is 0 Å². The second-order valence-electron chi connectivity index (χ2n) is 5.90. The molecule has 0 spiro atoms. The van der Waals surface area contributed by atoms with Crippen LogP contribution in [0, 0.1) is 5.82 Å². The number of carbonyl (C=O) groups excluding carboxylic acids is 1. The first kappa shape index (κ1) is 15.7. The number of halogens is 1. The number of aromatic nitrogens is 1. The maximum absolute atomic E-state index is 12.9. The molecule has 2 unspecified atom stereocenters. The molecule has 1 aliphatic heterocycles. The van der Waals surface area contributed by atoms with Crippen LogP contribution in [0.25, 0.3) is 11.5 Å². The summed E-state index contributed by atoms with van der Waals surface area (Å²) >= 11 is 0. The molecular weight excluding hydrogens is 297 g/mol. The number of piperazine rings is 1. The molecule has 122 valence electrons. The fourth-order valence-electron chi connectivity index (χ4n) is 2.78. The van der Waals surface area contributed by atoms with Crippen molar-refractivity contribution in [1.82, 2.24) is 15.2 Å². The van der Waals surface area contributed by atoms with Gasteiger partial charge in [-0.2, -0.15) is 0 Å². The van der Waals surface area contributed by atoms with Crippen LogP contribution in [0.4, 0.5) is 4.39 Å². The molecule has 1 aromatic heterocycles. The summed E-state index contributed by atoms with van der Waals surface area (Å²) in [6.45, 7) is 5.62. The van der Waals surface area contributed by atoms with Gasteiger partial charge in [-0.15, -0.1) is 0 Å². The van der Waals surface area contributed by atoms with Crippen molar-refractivity contribution in [1.29, 1.82) is 0 Å². The number of oxazole rings is 1. The summed E-state index contributed by atoms with van der Waals surface area (Å²) in [6, 6.07) is 6.35. The van der Waals surface area contributed by atoms with E-state index in [1.54, 1.807) is 12.1 Å². The molecule has 2 heterocycles. The molecule has 2 aromatic rings. The van der Waals surface area contributed by atoms with E-state index in [1.165, 1.54) is 18.4 Å². The third-order valence-electron chi connectivity index (χ3n) is 4.33. The molecular formula is C17H20FN3O2. The zero-order valence-corrected chi connectivity index (χ0v) is 13.3. The lowest BCUT2D eigenvalue weighted by Gasteiger charge is -2.38. The van der Waals surface area contributed by atoms with E-state index < -0.39 is 0 Å². The maximum atomic E-state index is 12.9. The SMILES string of the molecule is CC1NCCN(C(=O)Cc2coc(-c3ccc(F)cc3)n2)C1C. The molecule has 6 heteroatoms. The Morgan fingerprint density at radius 2 is 2.13 bits per heavy atom. The lowest BCUT2D eigenvalue weighted by atomic mass is 10.1. The van der Waals surface area contributed by atoms with E-state index in [9.17, 15) is 9.18 Å². The van der Waals surface area contributed by atoms with Crippen molar-refractivity contribution in [2.45, 2.75) is 32.4 Å². The molecule has 1 N–H and O–H groups in total. The minimum Gasteiger partial charge on any atom is -0.444 e. The minimum atomic E-state index is -0.308. The number of nitrogens with zero attached hydrogens (tertiary/aromatic N) is 2. The Bertz CT molecular complexity index is 683. The highest BCUT2D eigenvalue weighted by Crippen LogP contribution is 2.20. The first-order valence-corrected chi connectivity index (χ1v) is 7.78. The maximum Gasteiger partial charge on any atom is 0.229 e. The van der Waals surface area contributed by atoms with E-state index in [0.29, 0.717) is 23.7 Å². The summed E-state index contributed by atoms with van der Waals surface area (Å²) in [4.78, 5) is 18.7. The fraction of sp³-hybridized carbons (Fsp3) is 0.412. The lowest BCUT2D eigenvalue weighted by molar-refractivity contribution is -0.134. The van der Waals surface area contributed by atoms with Crippen molar-refractivity contribution in [3.05, 3.63) is 42.0 Å². The van der Waals surface area contributed by atoms with Crippen LogP contribution in [0.15, 0.2) is 34.9 Å². The molecule has 2 atom stereocenters. The first-order chi connectivity index (χ1) is 11.0. The molecule has 23 heavy (non-hydrogen) atoms. The number of amides is 1. The molecule has 5 nitrogen and oxygen atoms in total. The number of nitrogens with one attached hydrogen (secondary N) is 1. The van der Waals surface area contributed by atoms with Crippen LogP contribution in [-0.4, -0.2) is 41.0 Å². The average Bonchev–Trinajstić information content (AvgIpc) is 2.99. The molecule has 1 saturated heterocycles. The quantitative estimate of drug-likeness (QED) is 0.943. The Balaban J connectivity index is 1.69. The Kier molecular flexibility index (Phi) is 4.43. The van der Waals surface area contributed by atoms with Gasteiger partial charge < -0.3 is 14.6 Å². The van der Waals surface area contributed by atoms with Gasteiger partial charge in [0.2, 0.25) is 11.8 Å². The van der Waals surface area contributed by atoms with Crippen molar-refractivity contribution in [3.8, 4) is 11.5 Å². The third-order valence-corrected chi connectivity index (χ3v) is 4.33. The molecule has 1 fully saturated rings. The van der Waals surface area contributed by atoms with Crippen LogP contribution in [0.3, 0.4) is 0 Å². The van der Waals surface area contributed by atoms with Crippen molar-refractivity contribution < 1.29 is 13.6 Å². The van der Waals surface area contributed by atoms with E-state index in [-0.39, 0.29) is 30.2 Å². The van der Waals surface area contributed by atoms with E-state index in [4.69, 9.17) is 4.42 Å². The smallest absolute Gasteiger partial charge is 0.229 e. The van der Waals surface area contributed by atoms with Gasteiger partial charge in [-0.1, -0.05) is 0 Å². The molecule has 0 aliphatic carbocycles. The van der Waals surface area contributed by atoms with Gasteiger partial charge in [0.15, 0.2) is 0 Å². The topological polar surface area (TPSA) is 58.4 Å². The highest BCUT2D eigenvalue weighted by atomic mass is 19.1. The monoisotopic (exact) mass is 317 g/mol. The van der Waals surface area contributed by atoms with Gasteiger partial charge >= 0.3 is 0 Å². The molecule has 1 amide bonds. The van der Waals surface area contributed by atoms with Crippen LogP contribution in [0.5, 0.6) is 0 Å². The normalized spacial score (nSPS) is 21.4. The van der Waals surface area contributed by atoms with Gasteiger partial charge in [0, 0.05) is 30.7 Å². The highest BCUT2D eigenvalue weighted by Gasteiger charge is 2.28. The largest absolute Gasteiger partial charge is 0.444 e. The number of hydrogen-bond acceptors (Lipinski definition) is 4. The molecule has 3 rings (SSSR count). The van der Waals surface area contributed by atoms with Gasteiger partial charge in [0.25, 0.3) is 0 Å². The van der Waals surface area contributed by atoms with E-state index in [0.717, 1.165) is 6.54 Å². The summed E-state index contributed by atoms with van der Waals surface area (Å²) < 4.78 is 18.4. The van der Waals surface area contributed by atoms with Crippen molar-refractivity contribution in [3.63, 3.8) is 0 Å². The van der Waals surface area contributed by atoms with Gasteiger partial charge in [-0.25, -0.2) is 9.37 Å². The number of rotatable bonds is 3. The number of carbonyl (C=O) groups is 1. The second-order valence-corrected chi connectivity index (χ2v) is 5.90. The summed E-state index contributed by atoms with van der Waals surface area (Å²) in [5.74, 6) is 0.136. The average molecular weight is 317 g/mol. The molecule has 0 saturated carbocycles. The van der Waals surface area contributed by atoms with Crippen LogP contribution < -0.4 is 5.32 Å². The Hall–Kier alpha value is -2.21. The Morgan fingerprint density at radius 3 is 2.87 bits per heavy atom. The Labute approximate surface area is 134 Å². The summed E-state index contributed by atoms with van der Waals surface area (Å²) in [6.07, 6.45) is 1.70. The third kappa shape index (κ3) is 3.42. The zero-order valence-electron chi connectivity index (χ0n) is 13.3. The van der Waals surface area contributed by atoms with Crippen molar-refractivity contribution in [2.75, 3.05) is 13.1 Å². The second kappa shape index (κ2) is 6.50. The minimum absolute atomic E-state index is 0.0461. The number of benzene rings is 1. The standard InChI is InChI=1S/C17H20FN3O2/c1-11-12(2)21(8-7-19-11)16(22)9-15-10-23-17(20-15)13-3-5-14(18)6-4-13/h3-6,10-12,19H,7-9H2,1-2H3. The summed E-state index contributed by atoms with van der Waals surface area (Å²) in [5, 5.41) is 3.35. The molecule has 1 aliphatic rings. The molecule has 0 radical (unpaired) electrons. The zero-order chi connectivity index (χ0) is 16.4. The van der Waals surface area contributed by atoms with Crippen LogP contribution in [0.1, 0.15) is 19.5 Å². The van der Waals surface area contributed by atoms with Gasteiger partial charge in [-0.05, 0) is 38.1 Å². The number of hydrogen-bond donors (Lipinski definition) is 1. The van der Waals surface area contributed by atoms with E-state index >= 15 is 0 Å². The first-order valence-electron chi connectivity index (χ1n) is 7.78. The molecule has 0 bridgehead atoms. The predicted molar refractivity (Wildman–Crippen MR) is 84.2 cm³/mol. The van der Waals surface area contributed by atoms with Crippen molar-refractivity contribution >= 4 is 5.91 Å². The van der Waals surface area contributed by atoms with Crippen LogP contribution >= 0.6 is 0 Å². The molecule has 1 aromatic carbocycles. The van der Waals surface area contributed by atoms with Crippen LogP contribution in [-0.2, 0) is 11.2 Å².